The number of nitriles is 1. The van der Waals surface area contributed by atoms with Crippen LogP contribution in [-0.2, 0) is 4.79 Å². The fourth-order valence-electron chi connectivity index (χ4n) is 2.33. The number of hydrogen-bond acceptors (Lipinski definition) is 3. The summed E-state index contributed by atoms with van der Waals surface area (Å²) in [5, 5.41) is 8.89. The number of aryl methyl sites for hydroxylation is 1. The van der Waals surface area contributed by atoms with Gasteiger partial charge >= 0.3 is 0 Å². The molecule has 1 aromatic carbocycles. The minimum absolute atomic E-state index is 0.152. The maximum Gasteiger partial charge on any atom is 0.124 e. The summed E-state index contributed by atoms with van der Waals surface area (Å²) in [7, 11) is 0. The molecule has 1 aliphatic rings. The molecule has 3 nitrogen and oxygen atoms in total. The van der Waals surface area contributed by atoms with Gasteiger partial charge in [0, 0.05) is 24.7 Å². The Bertz CT molecular complexity index is 462. The number of nitrogens with zero attached hydrogens (tertiary/aromatic N) is 2. The van der Waals surface area contributed by atoms with Gasteiger partial charge in [-0.2, -0.15) is 5.26 Å². The van der Waals surface area contributed by atoms with Crippen molar-refractivity contribution < 1.29 is 4.79 Å². The average Bonchev–Trinajstić information content (AvgIpc) is 2.38. The predicted octanol–water partition coefficient (Wildman–Crippen LogP) is 2.28. The molecule has 0 saturated carbocycles. The lowest BCUT2D eigenvalue weighted by molar-refractivity contribution is -0.111. The van der Waals surface area contributed by atoms with E-state index in [9.17, 15) is 4.79 Å². The van der Waals surface area contributed by atoms with E-state index in [2.05, 4.69) is 11.0 Å². The van der Waals surface area contributed by atoms with Crippen LogP contribution in [0.15, 0.2) is 18.2 Å². The standard InChI is InChI=1S/C14H16N2O/c1-11-7-14(5-4-13(11)8-15)16-6-2-3-12(9-16)10-17/h4-5,7,10,12H,2-3,6,9H2,1H3. The molecule has 3 heteroatoms. The van der Waals surface area contributed by atoms with Crippen molar-refractivity contribution in [3.8, 4) is 6.07 Å². The van der Waals surface area contributed by atoms with E-state index in [-0.39, 0.29) is 5.92 Å². The summed E-state index contributed by atoms with van der Waals surface area (Å²) in [6, 6.07) is 8.03. The summed E-state index contributed by atoms with van der Waals surface area (Å²) < 4.78 is 0. The van der Waals surface area contributed by atoms with Gasteiger partial charge in [0.1, 0.15) is 6.29 Å². The summed E-state index contributed by atoms with van der Waals surface area (Å²) in [6.07, 6.45) is 3.11. The number of carbonyl (C=O) groups excluding carboxylic acids is 1. The number of aldehydes is 1. The van der Waals surface area contributed by atoms with Crippen LogP contribution in [0.4, 0.5) is 5.69 Å². The minimum atomic E-state index is 0.152. The Morgan fingerprint density at radius 3 is 3.00 bits per heavy atom. The molecule has 0 amide bonds. The molecule has 0 aliphatic carbocycles. The molecule has 17 heavy (non-hydrogen) atoms. The molecule has 1 aromatic rings. The molecule has 88 valence electrons. The lowest BCUT2D eigenvalue weighted by atomic mass is 9.98. The summed E-state index contributed by atoms with van der Waals surface area (Å²) >= 11 is 0. The van der Waals surface area contributed by atoms with Crippen LogP contribution in [0.3, 0.4) is 0 Å². The summed E-state index contributed by atoms with van der Waals surface area (Å²) in [5.74, 6) is 0.152. The summed E-state index contributed by atoms with van der Waals surface area (Å²) in [4.78, 5) is 13.1. The lowest BCUT2D eigenvalue weighted by Gasteiger charge is -2.32. The number of carbonyl (C=O) groups is 1. The molecule has 1 unspecified atom stereocenters. The SMILES string of the molecule is Cc1cc(N2CCCC(C=O)C2)ccc1C#N. The van der Waals surface area contributed by atoms with Crippen molar-refractivity contribution in [1.29, 1.82) is 5.26 Å². The van der Waals surface area contributed by atoms with E-state index in [0.717, 1.165) is 49.0 Å². The van der Waals surface area contributed by atoms with E-state index in [0.29, 0.717) is 0 Å². The third-order valence-corrected chi connectivity index (χ3v) is 3.35. The van der Waals surface area contributed by atoms with Crippen molar-refractivity contribution in [2.75, 3.05) is 18.0 Å². The number of benzene rings is 1. The molecule has 0 radical (unpaired) electrons. The highest BCUT2D eigenvalue weighted by atomic mass is 16.1. The number of anilines is 1. The molecule has 0 bridgehead atoms. The Morgan fingerprint density at radius 2 is 2.35 bits per heavy atom. The molecular formula is C14H16N2O. The van der Waals surface area contributed by atoms with Crippen LogP contribution in [0, 0.1) is 24.2 Å². The molecule has 1 atom stereocenters. The molecule has 1 fully saturated rings. The highest BCUT2D eigenvalue weighted by Gasteiger charge is 2.19. The van der Waals surface area contributed by atoms with Gasteiger partial charge in [-0.3, -0.25) is 0 Å². The molecule has 1 saturated heterocycles. The molecule has 1 heterocycles. The maximum absolute atomic E-state index is 10.8. The van der Waals surface area contributed by atoms with Crippen LogP contribution in [0.1, 0.15) is 24.0 Å². The second kappa shape index (κ2) is 5.01. The summed E-state index contributed by atoms with van der Waals surface area (Å²) in [6.45, 7) is 3.74. The van der Waals surface area contributed by atoms with E-state index in [1.54, 1.807) is 0 Å². The van der Waals surface area contributed by atoms with Crippen LogP contribution in [0.2, 0.25) is 0 Å². The normalized spacial score (nSPS) is 19.8. The van der Waals surface area contributed by atoms with Gasteiger partial charge in [0.25, 0.3) is 0 Å². The van der Waals surface area contributed by atoms with Gasteiger partial charge in [-0.25, -0.2) is 0 Å². The highest BCUT2D eigenvalue weighted by molar-refractivity contribution is 5.58. The number of hydrogen-bond donors (Lipinski definition) is 0. The number of rotatable bonds is 2. The van der Waals surface area contributed by atoms with Crippen LogP contribution in [-0.4, -0.2) is 19.4 Å². The first-order chi connectivity index (χ1) is 8.24. The second-order valence-corrected chi connectivity index (χ2v) is 4.60. The largest absolute Gasteiger partial charge is 0.371 e. The van der Waals surface area contributed by atoms with Gasteiger partial charge in [-0.15, -0.1) is 0 Å². The monoisotopic (exact) mass is 228 g/mol. The van der Waals surface area contributed by atoms with Gasteiger partial charge in [0.15, 0.2) is 0 Å². The van der Waals surface area contributed by atoms with E-state index in [1.807, 2.05) is 25.1 Å². The van der Waals surface area contributed by atoms with E-state index in [1.165, 1.54) is 0 Å². The quantitative estimate of drug-likeness (QED) is 0.729. The Kier molecular flexibility index (Phi) is 3.43. The van der Waals surface area contributed by atoms with Crippen LogP contribution in [0.5, 0.6) is 0 Å². The third kappa shape index (κ3) is 2.47. The van der Waals surface area contributed by atoms with E-state index >= 15 is 0 Å². The average molecular weight is 228 g/mol. The van der Waals surface area contributed by atoms with Crippen molar-refractivity contribution in [3.63, 3.8) is 0 Å². The molecule has 2 rings (SSSR count). The van der Waals surface area contributed by atoms with Gasteiger partial charge in [-0.05, 0) is 43.5 Å². The molecule has 0 spiro atoms. The smallest absolute Gasteiger partial charge is 0.124 e. The second-order valence-electron chi connectivity index (χ2n) is 4.60. The third-order valence-electron chi connectivity index (χ3n) is 3.35. The first-order valence-electron chi connectivity index (χ1n) is 5.95. The zero-order chi connectivity index (χ0) is 12.3. The highest BCUT2D eigenvalue weighted by Crippen LogP contribution is 2.24. The first-order valence-corrected chi connectivity index (χ1v) is 5.95. The van der Waals surface area contributed by atoms with Gasteiger partial charge in [0.2, 0.25) is 0 Å². The zero-order valence-corrected chi connectivity index (χ0v) is 10.0. The van der Waals surface area contributed by atoms with Crippen LogP contribution >= 0.6 is 0 Å². The van der Waals surface area contributed by atoms with Crippen molar-refractivity contribution in [3.05, 3.63) is 29.3 Å². The van der Waals surface area contributed by atoms with Crippen molar-refractivity contribution in [2.24, 2.45) is 5.92 Å². The van der Waals surface area contributed by atoms with Crippen molar-refractivity contribution in [1.82, 2.24) is 0 Å². The Hall–Kier alpha value is -1.82. The fourth-order valence-corrected chi connectivity index (χ4v) is 2.33. The minimum Gasteiger partial charge on any atom is -0.371 e. The Morgan fingerprint density at radius 1 is 1.53 bits per heavy atom. The number of piperidine rings is 1. The van der Waals surface area contributed by atoms with E-state index in [4.69, 9.17) is 5.26 Å². The molecular weight excluding hydrogens is 212 g/mol. The molecule has 0 aromatic heterocycles. The van der Waals surface area contributed by atoms with Gasteiger partial charge in [0.05, 0.1) is 11.6 Å². The van der Waals surface area contributed by atoms with Crippen molar-refractivity contribution in [2.45, 2.75) is 19.8 Å². The zero-order valence-electron chi connectivity index (χ0n) is 10.0. The lowest BCUT2D eigenvalue weighted by Crippen LogP contribution is -2.35. The van der Waals surface area contributed by atoms with Crippen LogP contribution < -0.4 is 4.90 Å². The summed E-state index contributed by atoms with van der Waals surface area (Å²) in [5.41, 5.74) is 2.84. The van der Waals surface area contributed by atoms with Crippen molar-refractivity contribution >= 4 is 12.0 Å². The van der Waals surface area contributed by atoms with E-state index < -0.39 is 0 Å². The van der Waals surface area contributed by atoms with Gasteiger partial charge < -0.3 is 9.69 Å². The first kappa shape index (κ1) is 11.7. The molecule has 0 N–H and O–H groups in total. The van der Waals surface area contributed by atoms with Crippen LogP contribution in [0.25, 0.3) is 0 Å². The fraction of sp³-hybridized carbons (Fsp3) is 0.429. The topological polar surface area (TPSA) is 44.1 Å². The Balaban J connectivity index is 2.20. The predicted molar refractivity (Wildman–Crippen MR) is 66.9 cm³/mol. The Labute approximate surface area is 102 Å². The van der Waals surface area contributed by atoms with Gasteiger partial charge in [-0.1, -0.05) is 0 Å². The molecule has 1 aliphatic heterocycles. The maximum atomic E-state index is 10.8.